The zero-order chi connectivity index (χ0) is 13.5. The second-order valence-corrected chi connectivity index (χ2v) is 4.87. The van der Waals surface area contributed by atoms with Crippen molar-refractivity contribution in [1.29, 1.82) is 0 Å². The van der Waals surface area contributed by atoms with Crippen LogP contribution in [0.3, 0.4) is 0 Å². The molecule has 0 heterocycles. The molecule has 0 spiro atoms. The molecule has 0 fully saturated rings. The van der Waals surface area contributed by atoms with Crippen molar-refractivity contribution in [3.05, 3.63) is 35.4 Å². The Morgan fingerprint density at radius 2 is 1.89 bits per heavy atom. The summed E-state index contributed by atoms with van der Waals surface area (Å²) in [6, 6.07) is 7.96. The molecule has 0 aliphatic heterocycles. The quantitative estimate of drug-likeness (QED) is 0.696. The summed E-state index contributed by atoms with van der Waals surface area (Å²) < 4.78 is 0. The molecule has 1 unspecified atom stereocenters. The molecule has 0 saturated carbocycles. The van der Waals surface area contributed by atoms with Gasteiger partial charge in [-0.25, -0.2) is 0 Å². The molecule has 0 aliphatic rings. The predicted octanol–water partition coefficient (Wildman–Crippen LogP) is 0.755. The largest absolute Gasteiger partial charge is 0.354 e. The zero-order valence-corrected chi connectivity index (χ0v) is 11.1. The van der Waals surface area contributed by atoms with Crippen molar-refractivity contribution >= 4 is 5.91 Å². The number of benzene rings is 1. The minimum atomic E-state index is -0.169. The van der Waals surface area contributed by atoms with Crippen molar-refractivity contribution in [3.8, 4) is 0 Å². The van der Waals surface area contributed by atoms with Gasteiger partial charge in [-0.05, 0) is 17.0 Å². The smallest absolute Gasteiger partial charge is 0.224 e. The highest BCUT2D eigenvalue weighted by atomic mass is 16.1. The summed E-state index contributed by atoms with van der Waals surface area (Å²) in [5.41, 5.74) is 13.3. The van der Waals surface area contributed by atoms with E-state index in [2.05, 4.69) is 31.3 Å². The highest BCUT2D eigenvalue weighted by molar-refractivity contribution is 5.78. The van der Waals surface area contributed by atoms with Crippen LogP contribution in [0.15, 0.2) is 24.3 Å². The molecule has 1 rings (SSSR count). The van der Waals surface area contributed by atoms with Crippen LogP contribution in [0.1, 0.15) is 30.9 Å². The first-order valence-corrected chi connectivity index (χ1v) is 6.34. The van der Waals surface area contributed by atoms with Crippen LogP contribution in [0, 0.1) is 0 Å². The Kier molecular flexibility index (Phi) is 5.82. The number of nitrogens with one attached hydrogen (secondary N) is 1. The number of hydrogen-bond acceptors (Lipinski definition) is 3. The first-order chi connectivity index (χ1) is 8.52. The molecule has 1 atom stereocenters. The van der Waals surface area contributed by atoms with Crippen molar-refractivity contribution in [3.63, 3.8) is 0 Å². The standard InChI is InChI=1S/C14H23N3O/c1-10(2)12-5-3-11(4-6-12)7-14(18)17-9-13(16)8-15/h3-6,10,13H,7-9,15-16H2,1-2H3,(H,17,18). The van der Waals surface area contributed by atoms with Crippen LogP contribution in [0.4, 0.5) is 0 Å². The summed E-state index contributed by atoms with van der Waals surface area (Å²) >= 11 is 0. The second-order valence-electron chi connectivity index (χ2n) is 4.87. The van der Waals surface area contributed by atoms with Gasteiger partial charge in [0.15, 0.2) is 0 Å². The highest BCUT2D eigenvalue weighted by Crippen LogP contribution is 2.14. The fraction of sp³-hybridized carbons (Fsp3) is 0.500. The molecule has 18 heavy (non-hydrogen) atoms. The van der Waals surface area contributed by atoms with Crippen molar-refractivity contribution in [2.45, 2.75) is 32.2 Å². The summed E-state index contributed by atoms with van der Waals surface area (Å²) in [7, 11) is 0. The van der Waals surface area contributed by atoms with Crippen molar-refractivity contribution in [2.24, 2.45) is 11.5 Å². The van der Waals surface area contributed by atoms with Gasteiger partial charge in [0.05, 0.1) is 6.42 Å². The molecule has 4 nitrogen and oxygen atoms in total. The van der Waals surface area contributed by atoms with E-state index in [0.717, 1.165) is 5.56 Å². The fourth-order valence-corrected chi connectivity index (χ4v) is 1.60. The molecule has 0 aromatic heterocycles. The molecule has 1 aromatic carbocycles. The van der Waals surface area contributed by atoms with E-state index >= 15 is 0 Å². The molecule has 5 N–H and O–H groups in total. The molecular formula is C14H23N3O. The van der Waals surface area contributed by atoms with Gasteiger partial charge in [-0.3, -0.25) is 4.79 Å². The van der Waals surface area contributed by atoms with Crippen molar-refractivity contribution in [1.82, 2.24) is 5.32 Å². The van der Waals surface area contributed by atoms with Gasteiger partial charge in [-0.15, -0.1) is 0 Å². The molecule has 0 aliphatic carbocycles. The average Bonchev–Trinajstić information content (AvgIpc) is 2.36. The van der Waals surface area contributed by atoms with Crippen molar-refractivity contribution in [2.75, 3.05) is 13.1 Å². The number of carbonyl (C=O) groups excluding carboxylic acids is 1. The van der Waals surface area contributed by atoms with Gasteiger partial charge in [0, 0.05) is 19.1 Å². The molecule has 0 saturated heterocycles. The van der Waals surface area contributed by atoms with Crippen LogP contribution in [-0.2, 0) is 11.2 Å². The third-order valence-corrected chi connectivity index (χ3v) is 2.88. The third kappa shape index (κ3) is 4.85. The van der Waals surface area contributed by atoms with E-state index in [9.17, 15) is 4.79 Å². The molecule has 1 aromatic rings. The van der Waals surface area contributed by atoms with Crippen LogP contribution >= 0.6 is 0 Å². The van der Waals surface area contributed by atoms with Crippen LogP contribution in [0.25, 0.3) is 0 Å². The Hall–Kier alpha value is -1.39. The van der Waals surface area contributed by atoms with E-state index in [1.165, 1.54) is 5.56 Å². The lowest BCUT2D eigenvalue weighted by Crippen LogP contribution is -2.42. The summed E-state index contributed by atoms with van der Waals surface area (Å²) in [6.07, 6.45) is 0.385. The first-order valence-electron chi connectivity index (χ1n) is 6.34. The third-order valence-electron chi connectivity index (χ3n) is 2.88. The van der Waals surface area contributed by atoms with E-state index in [0.29, 0.717) is 25.4 Å². The minimum absolute atomic E-state index is 0.0174. The van der Waals surface area contributed by atoms with E-state index < -0.39 is 0 Å². The molecule has 4 heteroatoms. The normalized spacial score (nSPS) is 12.5. The summed E-state index contributed by atoms with van der Waals surface area (Å²) in [4.78, 5) is 11.6. The molecule has 0 radical (unpaired) electrons. The Morgan fingerprint density at radius 1 is 1.28 bits per heavy atom. The van der Waals surface area contributed by atoms with Gasteiger partial charge in [-0.1, -0.05) is 38.1 Å². The fourth-order valence-electron chi connectivity index (χ4n) is 1.60. The van der Waals surface area contributed by atoms with Gasteiger partial charge in [0.2, 0.25) is 5.91 Å². The van der Waals surface area contributed by atoms with Crippen LogP contribution in [0.2, 0.25) is 0 Å². The molecular weight excluding hydrogens is 226 g/mol. The van der Waals surface area contributed by atoms with E-state index in [1.807, 2.05) is 12.1 Å². The van der Waals surface area contributed by atoms with Crippen LogP contribution in [-0.4, -0.2) is 25.0 Å². The van der Waals surface area contributed by atoms with Crippen LogP contribution < -0.4 is 16.8 Å². The van der Waals surface area contributed by atoms with E-state index in [1.54, 1.807) is 0 Å². The Bertz CT molecular complexity index is 373. The minimum Gasteiger partial charge on any atom is -0.354 e. The van der Waals surface area contributed by atoms with Crippen LogP contribution in [0.5, 0.6) is 0 Å². The number of nitrogens with two attached hydrogens (primary N) is 2. The zero-order valence-electron chi connectivity index (χ0n) is 11.1. The predicted molar refractivity (Wildman–Crippen MR) is 74.3 cm³/mol. The second kappa shape index (κ2) is 7.13. The van der Waals surface area contributed by atoms with E-state index in [-0.39, 0.29) is 11.9 Å². The first kappa shape index (κ1) is 14.7. The van der Waals surface area contributed by atoms with Gasteiger partial charge in [0.1, 0.15) is 0 Å². The Labute approximate surface area is 109 Å². The lowest BCUT2D eigenvalue weighted by atomic mass is 10.0. The number of amides is 1. The van der Waals surface area contributed by atoms with Gasteiger partial charge in [0.25, 0.3) is 0 Å². The highest BCUT2D eigenvalue weighted by Gasteiger charge is 2.06. The maximum atomic E-state index is 11.6. The monoisotopic (exact) mass is 249 g/mol. The van der Waals surface area contributed by atoms with Gasteiger partial charge in [-0.2, -0.15) is 0 Å². The van der Waals surface area contributed by atoms with Crippen molar-refractivity contribution < 1.29 is 4.79 Å². The molecule has 0 bridgehead atoms. The Balaban J connectivity index is 2.44. The average molecular weight is 249 g/mol. The summed E-state index contributed by atoms with van der Waals surface area (Å²) in [5, 5.41) is 2.78. The number of carbonyl (C=O) groups is 1. The lowest BCUT2D eigenvalue weighted by Gasteiger charge is -2.10. The Morgan fingerprint density at radius 3 is 2.39 bits per heavy atom. The molecule has 1 amide bonds. The van der Waals surface area contributed by atoms with Gasteiger partial charge >= 0.3 is 0 Å². The topological polar surface area (TPSA) is 81.1 Å². The maximum Gasteiger partial charge on any atom is 0.224 e. The van der Waals surface area contributed by atoms with Gasteiger partial charge < -0.3 is 16.8 Å². The summed E-state index contributed by atoms with van der Waals surface area (Å²) in [6.45, 7) is 5.11. The molecule has 100 valence electrons. The number of hydrogen-bond donors (Lipinski definition) is 3. The summed E-state index contributed by atoms with van der Waals surface area (Å²) in [5.74, 6) is 0.492. The maximum absolute atomic E-state index is 11.6. The lowest BCUT2D eigenvalue weighted by molar-refractivity contribution is -0.120. The number of rotatable bonds is 6. The van der Waals surface area contributed by atoms with E-state index in [4.69, 9.17) is 11.5 Å². The SMILES string of the molecule is CC(C)c1ccc(CC(=O)NCC(N)CN)cc1.